The largest absolute Gasteiger partial charge is 0.468 e. The van der Waals surface area contributed by atoms with Gasteiger partial charge in [0.15, 0.2) is 0 Å². The Morgan fingerprint density at radius 3 is 2.31 bits per heavy atom. The van der Waals surface area contributed by atoms with Gasteiger partial charge in [0.25, 0.3) is 0 Å². The molecule has 92 valence electrons. The first kappa shape index (κ1) is 13.5. The van der Waals surface area contributed by atoms with Gasteiger partial charge in [0, 0.05) is 31.2 Å². The minimum atomic E-state index is -0.171. The molecule has 0 amide bonds. The number of methoxy groups -OCH3 is 1. The summed E-state index contributed by atoms with van der Waals surface area (Å²) in [5.41, 5.74) is 0. The molecule has 16 heavy (non-hydrogen) atoms. The lowest BCUT2D eigenvalue weighted by Crippen LogP contribution is -2.34. The van der Waals surface area contributed by atoms with Crippen molar-refractivity contribution in [2.75, 3.05) is 46.4 Å². The summed E-state index contributed by atoms with van der Waals surface area (Å²) in [4.78, 5) is 15.5. The van der Waals surface area contributed by atoms with Gasteiger partial charge in [-0.3, -0.25) is 14.6 Å². The van der Waals surface area contributed by atoms with Crippen LogP contribution in [-0.4, -0.2) is 62.1 Å². The van der Waals surface area contributed by atoms with E-state index in [-0.39, 0.29) is 5.97 Å². The third-order valence-electron chi connectivity index (χ3n) is 2.66. The highest BCUT2D eigenvalue weighted by Crippen LogP contribution is 2.07. The zero-order valence-electron chi connectivity index (χ0n) is 9.75. The van der Waals surface area contributed by atoms with Crippen LogP contribution in [0.5, 0.6) is 0 Å². The second-order valence-corrected chi connectivity index (χ2v) is 4.53. The normalized spacial score (nSPS) is 19.1. The van der Waals surface area contributed by atoms with Crippen LogP contribution in [-0.2, 0) is 9.53 Å². The van der Waals surface area contributed by atoms with E-state index >= 15 is 0 Å². The molecule has 5 heteroatoms. The van der Waals surface area contributed by atoms with Crippen molar-refractivity contribution >= 4 is 17.6 Å². The maximum atomic E-state index is 11.1. The summed E-state index contributed by atoms with van der Waals surface area (Å²) >= 11 is 5.78. The van der Waals surface area contributed by atoms with Crippen LogP contribution in [0.3, 0.4) is 0 Å². The Morgan fingerprint density at radius 2 is 1.81 bits per heavy atom. The average molecular weight is 247 g/mol. The quantitative estimate of drug-likeness (QED) is 0.691. The van der Waals surface area contributed by atoms with Crippen molar-refractivity contribution in [3.8, 4) is 0 Å². The summed E-state index contributed by atoms with van der Waals surface area (Å²) in [6.45, 7) is 8.54. The van der Waals surface area contributed by atoms with Crippen LogP contribution in [0.2, 0.25) is 0 Å². The number of hydrogen-bond acceptors (Lipinski definition) is 4. The van der Waals surface area contributed by atoms with Gasteiger partial charge in [-0.25, -0.2) is 0 Å². The van der Waals surface area contributed by atoms with Gasteiger partial charge in [-0.05, 0) is 13.0 Å². The first-order chi connectivity index (χ1) is 7.61. The second kappa shape index (κ2) is 6.89. The third kappa shape index (κ3) is 4.96. The average Bonchev–Trinajstić information content (AvgIpc) is 2.43. The first-order valence-corrected chi connectivity index (χ1v) is 5.84. The lowest BCUT2D eigenvalue weighted by molar-refractivity contribution is -0.141. The molecule has 0 aromatic carbocycles. The topological polar surface area (TPSA) is 32.8 Å². The fraction of sp³-hybridized carbons (Fsp3) is 0.727. The van der Waals surface area contributed by atoms with Crippen LogP contribution in [0, 0.1) is 0 Å². The summed E-state index contributed by atoms with van der Waals surface area (Å²) in [5.74, 6) is -0.171. The number of halogens is 1. The number of nitrogens with zero attached hydrogens (tertiary/aromatic N) is 2. The van der Waals surface area contributed by atoms with Gasteiger partial charge in [-0.1, -0.05) is 18.2 Å². The van der Waals surface area contributed by atoms with Gasteiger partial charge in [0.1, 0.15) is 0 Å². The Balaban J connectivity index is 2.34. The van der Waals surface area contributed by atoms with Gasteiger partial charge in [-0.2, -0.15) is 0 Å². The zero-order valence-corrected chi connectivity index (χ0v) is 10.5. The highest BCUT2D eigenvalue weighted by Gasteiger charge is 2.17. The Labute approximate surface area is 102 Å². The van der Waals surface area contributed by atoms with E-state index in [9.17, 15) is 4.79 Å². The maximum absolute atomic E-state index is 11.1. The summed E-state index contributed by atoms with van der Waals surface area (Å²) < 4.78 is 4.66. The predicted octanol–water partition coefficient (Wildman–Crippen LogP) is 0.920. The summed E-state index contributed by atoms with van der Waals surface area (Å²) in [5, 5.41) is 0.668. The lowest BCUT2D eigenvalue weighted by atomic mass is 10.4. The molecule has 0 aliphatic carbocycles. The van der Waals surface area contributed by atoms with E-state index in [4.69, 9.17) is 11.6 Å². The summed E-state index contributed by atoms with van der Waals surface area (Å²) in [6.07, 6.45) is 1.04. The van der Waals surface area contributed by atoms with E-state index in [0.717, 1.165) is 39.1 Å². The number of hydrogen-bond donors (Lipinski definition) is 0. The van der Waals surface area contributed by atoms with Crippen LogP contribution < -0.4 is 0 Å². The molecular weight excluding hydrogens is 228 g/mol. The Bertz CT molecular complexity index is 258. The van der Waals surface area contributed by atoms with Gasteiger partial charge in [0.05, 0.1) is 13.7 Å². The van der Waals surface area contributed by atoms with Crippen molar-refractivity contribution in [1.82, 2.24) is 9.80 Å². The smallest absolute Gasteiger partial charge is 0.319 e. The van der Waals surface area contributed by atoms with Crippen molar-refractivity contribution in [2.45, 2.75) is 6.42 Å². The SMILES string of the molecule is C=C(Cl)CN1CCCN(CC(=O)OC)CC1. The van der Waals surface area contributed by atoms with Crippen LogP contribution >= 0.6 is 11.6 Å². The molecule has 1 fully saturated rings. The van der Waals surface area contributed by atoms with E-state index in [1.807, 2.05) is 0 Å². The molecular formula is C11H19ClN2O2. The third-order valence-corrected chi connectivity index (χ3v) is 2.78. The predicted molar refractivity (Wildman–Crippen MR) is 64.5 cm³/mol. The van der Waals surface area contributed by atoms with Crippen LogP contribution in [0.25, 0.3) is 0 Å². The zero-order chi connectivity index (χ0) is 12.0. The van der Waals surface area contributed by atoms with Crippen LogP contribution in [0.1, 0.15) is 6.42 Å². The maximum Gasteiger partial charge on any atom is 0.319 e. The molecule has 0 atom stereocenters. The number of ether oxygens (including phenoxy) is 1. The molecule has 1 aliphatic heterocycles. The summed E-state index contributed by atoms with van der Waals surface area (Å²) in [6, 6.07) is 0. The van der Waals surface area contributed by atoms with E-state index < -0.39 is 0 Å². The van der Waals surface area contributed by atoms with Crippen molar-refractivity contribution < 1.29 is 9.53 Å². The summed E-state index contributed by atoms with van der Waals surface area (Å²) in [7, 11) is 1.42. The molecule has 0 aromatic rings. The molecule has 1 heterocycles. The van der Waals surface area contributed by atoms with E-state index in [2.05, 4.69) is 21.1 Å². The molecule has 4 nitrogen and oxygen atoms in total. The Kier molecular flexibility index (Phi) is 5.80. The van der Waals surface area contributed by atoms with E-state index in [1.165, 1.54) is 7.11 Å². The fourth-order valence-corrected chi connectivity index (χ4v) is 2.00. The molecule has 0 spiro atoms. The minimum Gasteiger partial charge on any atom is -0.468 e. The Hall–Kier alpha value is -0.580. The lowest BCUT2D eigenvalue weighted by Gasteiger charge is -2.20. The standard InChI is InChI=1S/C11H19ClN2O2/c1-10(12)8-13-4-3-5-14(7-6-13)9-11(15)16-2/h1,3-9H2,2H3. The highest BCUT2D eigenvalue weighted by molar-refractivity contribution is 6.29. The van der Waals surface area contributed by atoms with Gasteiger partial charge < -0.3 is 4.74 Å². The second-order valence-electron chi connectivity index (χ2n) is 4.00. The molecule has 0 N–H and O–H groups in total. The van der Waals surface area contributed by atoms with Crippen molar-refractivity contribution in [1.29, 1.82) is 0 Å². The monoisotopic (exact) mass is 246 g/mol. The number of carbonyl (C=O) groups excluding carboxylic acids is 1. The molecule has 0 aromatic heterocycles. The molecule has 0 bridgehead atoms. The number of esters is 1. The van der Waals surface area contributed by atoms with Gasteiger partial charge in [-0.15, -0.1) is 0 Å². The van der Waals surface area contributed by atoms with E-state index in [0.29, 0.717) is 11.6 Å². The van der Waals surface area contributed by atoms with Crippen molar-refractivity contribution in [2.24, 2.45) is 0 Å². The molecule has 1 aliphatic rings. The van der Waals surface area contributed by atoms with Crippen LogP contribution in [0.15, 0.2) is 11.6 Å². The van der Waals surface area contributed by atoms with Crippen LogP contribution in [0.4, 0.5) is 0 Å². The van der Waals surface area contributed by atoms with Gasteiger partial charge in [0.2, 0.25) is 0 Å². The van der Waals surface area contributed by atoms with Gasteiger partial charge >= 0.3 is 5.97 Å². The molecule has 1 saturated heterocycles. The Morgan fingerprint density at radius 1 is 1.25 bits per heavy atom. The molecule has 0 unspecified atom stereocenters. The fourth-order valence-electron chi connectivity index (χ4n) is 1.83. The van der Waals surface area contributed by atoms with E-state index in [1.54, 1.807) is 0 Å². The first-order valence-electron chi connectivity index (χ1n) is 5.46. The molecule has 0 radical (unpaired) electrons. The molecule has 0 saturated carbocycles. The molecule has 1 rings (SSSR count). The number of rotatable bonds is 4. The van der Waals surface area contributed by atoms with Crippen molar-refractivity contribution in [3.05, 3.63) is 11.6 Å². The minimum absolute atomic E-state index is 0.171. The highest BCUT2D eigenvalue weighted by atomic mass is 35.5. The number of carbonyl (C=O) groups is 1. The van der Waals surface area contributed by atoms with Crippen molar-refractivity contribution in [3.63, 3.8) is 0 Å².